The number of amides is 1. The Bertz CT molecular complexity index is 809. The first-order valence-electron chi connectivity index (χ1n) is 8.88. The van der Waals surface area contributed by atoms with Crippen LogP contribution in [0.4, 0.5) is 5.69 Å². The number of carbonyl (C=O) groups excluding carboxylic acids is 1. The highest BCUT2D eigenvalue weighted by Gasteiger charge is 2.22. The SMILES string of the molecule is COc1cccc(NC(=O)[C@H](C)N(C)Cc2ccc(OC)c(OC)c2OC)c1. The molecule has 2 aromatic rings. The minimum absolute atomic E-state index is 0.116. The van der Waals surface area contributed by atoms with Crippen LogP contribution in [0.5, 0.6) is 23.0 Å². The maximum atomic E-state index is 12.7. The molecule has 0 saturated heterocycles. The lowest BCUT2D eigenvalue weighted by Crippen LogP contribution is -2.39. The fourth-order valence-electron chi connectivity index (χ4n) is 2.84. The molecule has 0 aliphatic carbocycles. The molecule has 0 fully saturated rings. The topological polar surface area (TPSA) is 69.3 Å². The van der Waals surface area contributed by atoms with Crippen LogP contribution in [0.3, 0.4) is 0 Å². The van der Waals surface area contributed by atoms with E-state index >= 15 is 0 Å². The molecule has 1 N–H and O–H groups in total. The Morgan fingerprint density at radius 1 is 1.00 bits per heavy atom. The normalized spacial score (nSPS) is 11.7. The molecule has 0 aliphatic rings. The van der Waals surface area contributed by atoms with Gasteiger partial charge in [-0.3, -0.25) is 9.69 Å². The second-order valence-corrected chi connectivity index (χ2v) is 6.31. The van der Waals surface area contributed by atoms with E-state index in [2.05, 4.69) is 5.32 Å². The van der Waals surface area contributed by atoms with E-state index < -0.39 is 0 Å². The maximum absolute atomic E-state index is 12.7. The Labute approximate surface area is 166 Å². The minimum Gasteiger partial charge on any atom is -0.497 e. The van der Waals surface area contributed by atoms with Gasteiger partial charge in [0.15, 0.2) is 11.5 Å². The summed E-state index contributed by atoms with van der Waals surface area (Å²) in [4.78, 5) is 14.6. The van der Waals surface area contributed by atoms with Crippen molar-refractivity contribution in [1.82, 2.24) is 4.90 Å². The molecule has 2 aromatic carbocycles. The third-order valence-corrected chi connectivity index (χ3v) is 4.58. The number of hydrogen-bond acceptors (Lipinski definition) is 6. The Morgan fingerprint density at radius 3 is 2.32 bits per heavy atom. The number of benzene rings is 2. The summed E-state index contributed by atoms with van der Waals surface area (Å²) in [5, 5.41) is 2.92. The van der Waals surface area contributed by atoms with E-state index in [4.69, 9.17) is 18.9 Å². The Hall–Kier alpha value is -2.93. The van der Waals surface area contributed by atoms with Crippen molar-refractivity contribution >= 4 is 11.6 Å². The van der Waals surface area contributed by atoms with Crippen LogP contribution in [0.15, 0.2) is 36.4 Å². The van der Waals surface area contributed by atoms with Gasteiger partial charge in [-0.25, -0.2) is 0 Å². The van der Waals surface area contributed by atoms with Gasteiger partial charge in [-0.1, -0.05) is 12.1 Å². The number of likely N-dealkylation sites (N-methyl/N-ethyl adjacent to an activating group) is 1. The smallest absolute Gasteiger partial charge is 0.241 e. The van der Waals surface area contributed by atoms with Gasteiger partial charge < -0.3 is 24.3 Å². The Morgan fingerprint density at radius 2 is 1.71 bits per heavy atom. The molecule has 0 spiro atoms. The third kappa shape index (κ3) is 4.86. The average molecular weight is 388 g/mol. The molecule has 0 unspecified atom stereocenters. The Balaban J connectivity index is 2.13. The van der Waals surface area contributed by atoms with Crippen LogP contribution >= 0.6 is 0 Å². The number of hydrogen-bond donors (Lipinski definition) is 1. The highest BCUT2D eigenvalue weighted by atomic mass is 16.5. The molecule has 0 saturated carbocycles. The predicted octanol–water partition coefficient (Wildman–Crippen LogP) is 3.18. The van der Waals surface area contributed by atoms with Crippen LogP contribution < -0.4 is 24.3 Å². The van der Waals surface area contributed by atoms with E-state index in [1.165, 1.54) is 0 Å². The molecule has 152 valence electrons. The quantitative estimate of drug-likeness (QED) is 0.712. The van der Waals surface area contributed by atoms with Gasteiger partial charge in [0.05, 0.1) is 34.5 Å². The van der Waals surface area contributed by atoms with Gasteiger partial charge in [0.25, 0.3) is 0 Å². The molecule has 1 amide bonds. The molecule has 0 bridgehead atoms. The number of nitrogens with zero attached hydrogens (tertiary/aromatic N) is 1. The van der Waals surface area contributed by atoms with Crippen molar-refractivity contribution in [3.8, 4) is 23.0 Å². The first-order chi connectivity index (χ1) is 13.4. The summed E-state index contributed by atoms with van der Waals surface area (Å²) in [5.41, 5.74) is 1.58. The first kappa shape index (κ1) is 21.4. The summed E-state index contributed by atoms with van der Waals surface area (Å²) in [5.74, 6) is 2.29. The number of ether oxygens (including phenoxy) is 4. The maximum Gasteiger partial charge on any atom is 0.241 e. The monoisotopic (exact) mass is 388 g/mol. The lowest BCUT2D eigenvalue weighted by atomic mass is 10.1. The van der Waals surface area contributed by atoms with Crippen LogP contribution in [0.25, 0.3) is 0 Å². The lowest BCUT2D eigenvalue weighted by molar-refractivity contribution is -0.120. The van der Waals surface area contributed by atoms with E-state index in [0.29, 0.717) is 35.2 Å². The summed E-state index contributed by atoms with van der Waals surface area (Å²) in [7, 11) is 8.20. The van der Waals surface area contributed by atoms with Crippen molar-refractivity contribution in [1.29, 1.82) is 0 Å². The summed E-state index contributed by atoms with van der Waals surface area (Å²) in [6, 6.07) is 10.6. The van der Waals surface area contributed by atoms with Crippen molar-refractivity contribution in [3.63, 3.8) is 0 Å². The number of rotatable bonds is 9. The van der Waals surface area contributed by atoms with Crippen LogP contribution in [0.1, 0.15) is 12.5 Å². The summed E-state index contributed by atoms with van der Waals surface area (Å²) < 4.78 is 21.5. The van der Waals surface area contributed by atoms with Crippen molar-refractivity contribution in [3.05, 3.63) is 42.0 Å². The van der Waals surface area contributed by atoms with Crippen LogP contribution in [-0.2, 0) is 11.3 Å². The van der Waals surface area contributed by atoms with E-state index in [0.717, 1.165) is 5.56 Å². The second kappa shape index (κ2) is 9.85. The zero-order chi connectivity index (χ0) is 20.7. The molecule has 28 heavy (non-hydrogen) atoms. The fraction of sp³-hybridized carbons (Fsp3) is 0.381. The van der Waals surface area contributed by atoms with Crippen LogP contribution in [-0.4, -0.2) is 52.3 Å². The van der Waals surface area contributed by atoms with Crippen molar-refractivity contribution in [2.24, 2.45) is 0 Å². The standard InChI is InChI=1S/C21H28N2O5/c1-14(21(24)22-16-8-7-9-17(12-16)25-3)23(2)13-15-10-11-18(26-4)20(28-6)19(15)27-5/h7-12,14H,13H2,1-6H3,(H,22,24)/t14-/m0/s1. The van der Waals surface area contributed by atoms with Crippen molar-refractivity contribution in [2.75, 3.05) is 40.8 Å². The third-order valence-electron chi connectivity index (χ3n) is 4.58. The molecule has 7 heteroatoms. The minimum atomic E-state index is -0.371. The molecule has 0 heterocycles. The zero-order valence-corrected chi connectivity index (χ0v) is 17.2. The zero-order valence-electron chi connectivity index (χ0n) is 17.2. The predicted molar refractivity (Wildman–Crippen MR) is 109 cm³/mol. The van der Waals surface area contributed by atoms with Gasteiger partial charge in [0.1, 0.15) is 5.75 Å². The lowest BCUT2D eigenvalue weighted by Gasteiger charge is -2.25. The van der Waals surface area contributed by atoms with Gasteiger partial charge in [-0.15, -0.1) is 0 Å². The molecule has 1 atom stereocenters. The van der Waals surface area contributed by atoms with Crippen LogP contribution in [0, 0.1) is 0 Å². The number of methoxy groups -OCH3 is 4. The van der Waals surface area contributed by atoms with Gasteiger partial charge >= 0.3 is 0 Å². The van der Waals surface area contributed by atoms with Gasteiger partial charge in [0.2, 0.25) is 11.7 Å². The molecular weight excluding hydrogens is 360 g/mol. The number of carbonyl (C=O) groups is 1. The van der Waals surface area contributed by atoms with Crippen molar-refractivity contribution < 1.29 is 23.7 Å². The van der Waals surface area contributed by atoms with Gasteiger partial charge in [-0.05, 0) is 32.2 Å². The van der Waals surface area contributed by atoms with E-state index in [-0.39, 0.29) is 11.9 Å². The molecule has 0 aliphatic heterocycles. The summed E-state index contributed by atoms with van der Waals surface area (Å²) in [6.07, 6.45) is 0. The number of anilines is 1. The van der Waals surface area contributed by atoms with Crippen LogP contribution in [0.2, 0.25) is 0 Å². The first-order valence-corrected chi connectivity index (χ1v) is 8.88. The summed E-state index contributed by atoms with van der Waals surface area (Å²) in [6.45, 7) is 2.35. The second-order valence-electron chi connectivity index (χ2n) is 6.31. The Kier molecular flexibility index (Phi) is 7.52. The molecule has 0 radical (unpaired) electrons. The van der Waals surface area contributed by atoms with Crippen molar-refractivity contribution in [2.45, 2.75) is 19.5 Å². The fourth-order valence-corrected chi connectivity index (χ4v) is 2.84. The summed E-state index contributed by atoms with van der Waals surface area (Å²) >= 11 is 0. The van der Waals surface area contributed by atoms with Gasteiger partial charge in [-0.2, -0.15) is 0 Å². The molecule has 0 aromatic heterocycles. The largest absolute Gasteiger partial charge is 0.497 e. The van der Waals surface area contributed by atoms with E-state index in [1.807, 2.05) is 49.2 Å². The molecular formula is C21H28N2O5. The highest BCUT2D eigenvalue weighted by Crippen LogP contribution is 2.40. The molecule has 7 nitrogen and oxygen atoms in total. The van der Waals surface area contributed by atoms with E-state index in [1.54, 1.807) is 34.5 Å². The average Bonchev–Trinajstić information content (AvgIpc) is 2.72. The molecule has 2 rings (SSSR count). The highest BCUT2D eigenvalue weighted by molar-refractivity contribution is 5.94. The number of nitrogens with one attached hydrogen (secondary N) is 1. The van der Waals surface area contributed by atoms with E-state index in [9.17, 15) is 4.79 Å². The van der Waals surface area contributed by atoms with Gasteiger partial charge in [0, 0.05) is 23.9 Å².